The van der Waals surface area contributed by atoms with E-state index in [1.54, 1.807) is 0 Å². The molecule has 0 fully saturated rings. The maximum absolute atomic E-state index is 5.20. The van der Waals surface area contributed by atoms with Gasteiger partial charge in [-0.1, -0.05) is 118 Å². The van der Waals surface area contributed by atoms with E-state index in [-0.39, 0.29) is 12.1 Å². The molecule has 0 radical (unpaired) electrons. The van der Waals surface area contributed by atoms with E-state index in [0.29, 0.717) is 0 Å². The number of fused-ring (bicyclic) bond motifs is 7. The van der Waals surface area contributed by atoms with Gasteiger partial charge in [-0.3, -0.25) is 4.98 Å². The van der Waals surface area contributed by atoms with Crippen molar-refractivity contribution < 1.29 is 0 Å². The summed E-state index contributed by atoms with van der Waals surface area (Å²) in [6, 6.07) is 46.8. The molecule has 0 spiro atoms. The van der Waals surface area contributed by atoms with Crippen molar-refractivity contribution in [3.05, 3.63) is 167 Å². The van der Waals surface area contributed by atoms with Gasteiger partial charge in [-0.05, 0) is 150 Å². The number of benzene rings is 6. The molecule has 0 saturated carbocycles. The van der Waals surface area contributed by atoms with Gasteiger partial charge in [-0.2, -0.15) is 0 Å². The van der Waals surface area contributed by atoms with Crippen LogP contribution in [0, 0.1) is 6.92 Å². The maximum atomic E-state index is 5.20. The topological polar surface area (TPSA) is 19.4 Å². The molecule has 0 unspecified atom stereocenters. The third kappa shape index (κ3) is 5.90. The monoisotopic (exact) mass is 741 g/mol. The fourth-order valence-electron chi connectivity index (χ4n) is 10.1. The van der Waals surface area contributed by atoms with Gasteiger partial charge in [0.2, 0.25) is 6.71 Å². The molecule has 2 aliphatic heterocycles. The second kappa shape index (κ2) is 14.1. The number of aromatic nitrogens is 1. The van der Waals surface area contributed by atoms with Crippen molar-refractivity contribution in [2.24, 2.45) is 0 Å². The van der Waals surface area contributed by atoms with Gasteiger partial charge < -0.3 is 9.80 Å². The van der Waals surface area contributed by atoms with Gasteiger partial charge in [-0.25, -0.2) is 0 Å². The highest BCUT2D eigenvalue weighted by Crippen LogP contribution is 2.47. The Morgan fingerprint density at radius 2 is 1.49 bits per heavy atom. The Hall–Kier alpha value is -5.61. The van der Waals surface area contributed by atoms with E-state index < -0.39 is 0 Å². The van der Waals surface area contributed by atoms with E-state index in [9.17, 15) is 0 Å². The van der Waals surface area contributed by atoms with Gasteiger partial charge in [0.15, 0.2) is 0 Å². The van der Waals surface area contributed by atoms with Gasteiger partial charge in [-0.15, -0.1) is 0 Å². The Labute approximate surface area is 339 Å². The molecule has 0 bridgehead atoms. The SMILES string of the molecule is CCCCc1ccc(N2c3cnc(CCCC)cc3B3c4cc(C)ccc4C(C)(C)c4cc(N(c5ccccc5)c5ccc6c7c(ccc6c5)CC7)cc2c43)cc1. The van der Waals surface area contributed by atoms with Crippen molar-refractivity contribution in [2.75, 3.05) is 9.80 Å². The molecule has 1 aromatic heterocycles. The summed E-state index contributed by atoms with van der Waals surface area (Å²) >= 11 is 0. The van der Waals surface area contributed by atoms with Gasteiger partial charge in [0, 0.05) is 39.5 Å². The number of unbranched alkanes of at least 4 members (excludes halogenated alkanes) is 2. The van der Waals surface area contributed by atoms with Crippen molar-refractivity contribution in [3.63, 3.8) is 0 Å². The number of hydrogen-bond donors (Lipinski definition) is 0. The van der Waals surface area contributed by atoms with E-state index in [0.717, 1.165) is 31.4 Å². The zero-order valence-corrected chi connectivity index (χ0v) is 34.2. The van der Waals surface area contributed by atoms with Crippen molar-refractivity contribution in [1.29, 1.82) is 0 Å². The van der Waals surface area contributed by atoms with Crippen LogP contribution in [0.15, 0.2) is 128 Å². The van der Waals surface area contributed by atoms with Gasteiger partial charge in [0.25, 0.3) is 0 Å². The molecule has 4 heteroatoms. The highest BCUT2D eigenvalue weighted by Gasteiger charge is 2.47. The number of aryl methyl sites for hydroxylation is 5. The lowest BCUT2D eigenvalue weighted by Gasteiger charge is -2.46. The van der Waals surface area contributed by atoms with Crippen LogP contribution in [0.4, 0.5) is 34.1 Å². The van der Waals surface area contributed by atoms with Gasteiger partial charge >= 0.3 is 0 Å². The minimum absolute atomic E-state index is 0.106. The number of pyridine rings is 1. The molecule has 57 heavy (non-hydrogen) atoms. The molecular formula is C53H52BN3. The van der Waals surface area contributed by atoms with Crippen LogP contribution in [0.3, 0.4) is 0 Å². The van der Waals surface area contributed by atoms with E-state index >= 15 is 0 Å². The predicted molar refractivity (Wildman–Crippen MR) is 244 cm³/mol. The fourth-order valence-corrected chi connectivity index (χ4v) is 10.1. The normalized spacial score (nSPS) is 14.4. The highest BCUT2D eigenvalue weighted by molar-refractivity contribution is 6.99. The maximum Gasteiger partial charge on any atom is 0.247 e. The first-order valence-electron chi connectivity index (χ1n) is 21.4. The molecule has 0 N–H and O–H groups in total. The van der Waals surface area contributed by atoms with Gasteiger partial charge in [0.1, 0.15) is 0 Å². The summed E-state index contributed by atoms with van der Waals surface area (Å²) in [6.07, 6.45) is 11.3. The molecule has 1 aliphatic carbocycles. The largest absolute Gasteiger partial charge is 0.310 e. The third-order valence-corrected chi connectivity index (χ3v) is 13.2. The Morgan fingerprint density at radius 1 is 0.684 bits per heavy atom. The summed E-state index contributed by atoms with van der Waals surface area (Å²) in [6.45, 7) is 11.8. The van der Waals surface area contributed by atoms with Crippen molar-refractivity contribution in [3.8, 4) is 0 Å². The molecule has 7 aromatic rings. The number of para-hydroxylation sites is 1. The lowest BCUT2D eigenvalue weighted by Crippen LogP contribution is -2.64. The first kappa shape index (κ1) is 35.8. The average Bonchev–Trinajstić information content (AvgIpc) is 3.21. The van der Waals surface area contributed by atoms with Crippen LogP contribution in [-0.2, 0) is 31.1 Å². The van der Waals surface area contributed by atoms with Crippen LogP contribution in [0.5, 0.6) is 0 Å². The van der Waals surface area contributed by atoms with Crippen LogP contribution in [0.25, 0.3) is 10.8 Å². The van der Waals surface area contributed by atoms with Crippen LogP contribution in [0.1, 0.15) is 92.5 Å². The molecule has 0 saturated heterocycles. The predicted octanol–water partition coefficient (Wildman–Crippen LogP) is 11.7. The molecule has 3 heterocycles. The summed E-state index contributed by atoms with van der Waals surface area (Å²) < 4.78 is 0. The van der Waals surface area contributed by atoms with E-state index in [2.05, 4.69) is 172 Å². The second-order valence-corrected chi connectivity index (χ2v) is 17.3. The average molecular weight is 742 g/mol. The fraction of sp³-hybridized carbons (Fsp3) is 0.264. The number of anilines is 6. The van der Waals surface area contributed by atoms with Crippen molar-refractivity contribution in [2.45, 2.75) is 91.4 Å². The van der Waals surface area contributed by atoms with Crippen LogP contribution < -0.4 is 26.2 Å². The van der Waals surface area contributed by atoms with E-state index in [1.807, 2.05) is 0 Å². The molecule has 0 atom stereocenters. The van der Waals surface area contributed by atoms with E-state index in [4.69, 9.17) is 4.98 Å². The zero-order chi connectivity index (χ0) is 38.8. The summed E-state index contributed by atoms with van der Waals surface area (Å²) in [7, 11) is 0. The minimum atomic E-state index is -0.237. The molecule has 10 rings (SSSR count). The highest BCUT2D eigenvalue weighted by atomic mass is 15.2. The van der Waals surface area contributed by atoms with Crippen LogP contribution in [-0.4, -0.2) is 11.7 Å². The summed E-state index contributed by atoms with van der Waals surface area (Å²) in [5.74, 6) is 0. The Balaban J connectivity index is 1.25. The Bertz CT molecular complexity index is 2660. The number of hydrogen-bond acceptors (Lipinski definition) is 3. The summed E-state index contributed by atoms with van der Waals surface area (Å²) in [4.78, 5) is 10.2. The first-order chi connectivity index (χ1) is 27.8. The lowest BCUT2D eigenvalue weighted by atomic mass is 9.30. The van der Waals surface area contributed by atoms with Crippen molar-refractivity contribution in [1.82, 2.24) is 4.98 Å². The molecule has 3 nitrogen and oxygen atoms in total. The standard InChI is InChI=1S/C53H52BN3/c1-6-8-13-36-18-23-41(24-19-36)57-50-33-43(56(40-15-11-10-12-16-40)42-25-27-45-38(30-42)21-20-37-22-26-44(37)45)32-47-52(50)54(48-29-35(3)17-28-46(48)53(47,4)5)49-31-39(14-9-7-2)55-34-51(49)57/h10-12,15-21,23-25,27-34H,6-9,13-14,22,26H2,1-5H3. The Morgan fingerprint density at radius 3 is 2.26 bits per heavy atom. The minimum Gasteiger partial charge on any atom is -0.310 e. The Kier molecular flexibility index (Phi) is 8.85. The third-order valence-electron chi connectivity index (χ3n) is 13.2. The molecule has 6 aromatic carbocycles. The smallest absolute Gasteiger partial charge is 0.247 e. The summed E-state index contributed by atoms with van der Waals surface area (Å²) in [5, 5.41) is 2.70. The molecule has 0 amide bonds. The summed E-state index contributed by atoms with van der Waals surface area (Å²) in [5.41, 5.74) is 20.8. The molecule has 3 aliphatic rings. The second-order valence-electron chi connectivity index (χ2n) is 17.3. The van der Waals surface area contributed by atoms with Crippen LogP contribution in [0.2, 0.25) is 0 Å². The molecule has 282 valence electrons. The first-order valence-corrected chi connectivity index (χ1v) is 21.4. The van der Waals surface area contributed by atoms with Crippen molar-refractivity contribution >= 4 is 68.0 Å². The molecular weight excluding hydrogens is 689 g/mol. The van der Waals surface area contributed by atoms with Gasteiger partial charge in [0.05, 0.1) is 11.9 Å². The quantitative estimate of drug-likeness (QED) is 0.130. The number of nitrogens with zero attached hydrogens (tertiary/aromatic N) is 3. The zero-order valence-electron chi connectivity index (χ0n) is 34.2. The van der Waals surface area contributed by atoms with Crippen LogP contribution >= 0.6 is 0 Å². The van der Waals surface area contributed by atoms with E-state index in [1.165, 1.54) is 120 Å². The lowest BCUT2D eigenvalue weighted by molar-refractivity contribution is 0.645. The number of rotatable bonds is 10.